The Morgan fingerprint density at radius 3 is 2.33 bits per heavy atom. The van der Waals surface area contributed by atoms with E-state index in [9.17, 15) is 13.2 Å². The molecule has 2 aromatic carbocycles. The van der Waals surface area contributed by atoms with Crippen molar-refractivity contribution in [1.82, 2.24) is 9.62 Å². The van der Waals surface area contributed by atoms with Crippen LogP contribution in [0.2, 0.25) is 0 Å². The highest BCUT2D eigenvalue weighted by Gasteiger charge is 2.34. The normalized spacial score (nSPS) is 17.8. The SMILES string of the molecule is Cc1ccc2c(c1)C(NC(=O)c1ccc(N(C)S(=O)(=O)N(C)C)cc1)CC(C)(C)O2. The number of nitrogens with zero attached hydrogens (tertiary/aromatic N) is 2. The van der Waals surface area contributed by atoms with E-state index >= 15 is 0 Å². The molecule has 1 aliphatic rings. The molecule has 0 aromatic heterocycles. The van der Waals surface area contributed by atoms with Gasteiger partial charge in [-0.2, -0.15) is 12.7 Å². The molecular formula is C22H29N3O4S. The van der Waals surface area contributed by atoms with E-state index in [2.05, 4.69) is 5.32 Å². The van der Waals surface area contributed by atoms with Crippen molar-refractivity contribution in [2.75, 3.05) is 25.4 Å². The number of ether oxygens (including phenoxy) is 1. The minimum Gasteiger partial charge on any atom is -0.487 e. The Morgan fingerprint density at radius 1 is 1.10 bits per heavy atom. The van der Waals surface area contributed by atoms with Crippen LogP contribution in [0.4, 0.5) is 5.69 Å². The molecule has 7 nitrogen and oxygen atoms in total. The smallest absolute Gasteiger partial charge is 0.303 e. The predicted octanol–water partition coefficient (Wildman–Crippen LogP) is 3.27. The number of fused-ring (bicyclic) bond motifs is 1. The molecule has 3 rings (SSSR count). The first-order valence-corrected chi connectivity index (χ1v) is 11.2. The average Bonchev–Trinajstić information content (AvgIpc) is 2.67. The number of carbonyl (C=O) groups excluding carboxylic acids is 1. The van der Waals surface area contributed by atoms with Crippen LogP contribution >= 0.6 is 0 Å². The van der Waals surface area contributed by atoms with Gasteiger partial charge in [0.25, 0.3) is 5.91 Å². The van der Waals surface area contributed by atoms with Gasteiger partial charge in [0.1, 0.15) is 11.4 Å². The van der Waals surface area contributed by atoms with Gasteiger partial charge in [0.05, 0.1) is 11.7 Å². The topological polar surface area (TPSA) is 79.0 Å². The second kappa shape index (κ2) is 7.92. The Morgan fingerprint density at radius 2 is 1.73 bits per heavy atom. The minimum atomic E-state index is -3.58. The molecule has 1 N–H and O–H groups in total. The van der Waals surface area contributed by atoms with E-state index in [1.807, 2.05) is 39.0 Å². The summed E-state index contributed by atoms with van der Waals surface area (Å²) in [6.45, 7) is 6.02. The van der Waals surface area contributed by atoms with Gasteiger partial charge in [0.2, 0.25) is 0 Å². The van der Waals surface area contributed by atoms with Gasteiger partial charge in [-0.1, -0.05) is 17.7 Å². The van der Waals surface area contributed by atoms with Gasteiger partial charge in [-0.05, 0) is 51.1 Å². The highest BCUT2D eigenvalue weighted by atomic mass is 32.2. The van der Waals surface area contributed by atoms with Crippen LogP contribution in [0.5, 0.6) is 5.75 Å². The number of hydrogen-bond acceptors (Lipinski definition) is 4. The van der Waals surface area contributed by atoms with Gasteiger partial charge in [-0.3, -0.25) is 9.10 Å². The summed E-state index contributed by atoms with van der Waals surface area (Å²) in [5.74, 6) is 0.572. The molecule has 1 unspecified atom stereocenters. The summed E-state index contributed by atoms with van der Waals surface area (Å²) in [5, 5.41) is 3.11. The fourth-order valence-electron chi connectivity index (χ4n) is 3.55. The van der Waals surface area contributed by atoms with E-state index in [-0.39, 0.29) is 11.9 Å². The Kier molecular flexibility index (Phi) is 5.84. The zero-order chi connectivity index (χ0) is 22.3. The maximum atomic E-state index is 12.9. The van der Waals surface area contributed by atoms with E-state index in [4.69, 9.17) is 4.74 Å². The van der Waals surface area contributed by atoms with E-state index in [1.54, 1.807) is 24.3 Å². The Hall–Kier alpha value is -2.58. The van der Waals surface area contributed by atoms with Crippen molar-refractivity contribution in [1.29, 1.82) is 0 Å². The lowest BCUT2D eigenvalue weighted by Crippen LogP contribution is -2.41. The molecule has 1 aliphatic heterocycles. The molecule has 1 heterocycles. The van der Waals surface area contributed by atoms with Crippen molar-refractivity contribution in [3.63, 3.8) is 0 Å². The molecule has 162 valence electrons. The van der Waals surface area contributed by atoms with E-state index in [0.717, 1.165) is 21.2 Å². The lowest BCUT2D eigenvalue weighted by molar-refractivity contribution is 0.0619. The van der Waals surface area contributed by atoms with Gasteiger partial charge in [-0.15, -0.1) is 0 Å². The lowest BCUT2D eigenvalue weighted by Gasteiger charge is -2.38. The maximum absolute atomic E-state index is 12.9. The second-order valence-corrected chi connectivity index (χ2v) is 10.6. The molecule has 8 heteroatoms. The zero-order valence-corrected chi connectivity index (χ0v) is 19.1. The van der Waals surface area contributed by atoms with Crippen LogP contribution in [-0.4, -0.2) is 45.4 Å². The molecule has 0 spiro atoms. The molecule has 1 amide bonds. The molecular weight excluding hydrogens is 402 g/mol. The first-order valence-electron chi connectivity index (χ1n) is 9.77. The summed E-state index contributed by atoms with van der Waals surface area (Å²) in [6, 6.07) is 12.3. The van der Waals surface area contributed by atoms with Gasteiger partial charge in [-0.25, -0.2) is 0 Å². The number of nitrogens with one attached hydrogen (secondary N) is 1. The van der Waals surface area contributed by atoms with Crippen molar-refractivity contribution in [3.8, 4) is 5.75 Å². The molecule has 0 bridgehead atoms. The van der Waals surface area contributed by atoms with E-state index in [1.165, 1.54) is 25.4 Å². The predicted molar refractivity (Wildman–Crippen MR) is 118 cm³/mol. The lowest BCUT2D eigenvalue weighted by atomic mass is 9.88. The summed E-state index contributed by atoms with van der Waals surface area (Å²) in [4.78, 5) is 12.9. The van der Waals surface area contributed by atoms with E-state index < -0.39 is 15.8 Å². The molecule has 0 fully saturated rings. The first-order chi connectivity index (χ1) is 13.9. The van der Waals surface area contributed by atoms with Crippen molar-refractivity contribution in [3.05, 3.63) is 59.2 Å². The number of benzene rings is 2. The van der Waals surface area contributed by atoms with Crippen LogP contribution in [0.25, 0.3) is 0 Å². The number of rotatable bonds is 5. The van der Waals surface area contributed by atoms with Crippen LogP contribution in [0.3, 0.4) is 0 Å². The van der Waals surface area contributed by atoms with Crippen LogP contribution in [-0.2, 0) is 10.2 Å². The maximum Gasteiger partial charge on any atom is 0.303 e. The molecule has 0 radical (unpaired) electrons. The van der Waals surface area contributed by atoms with E-state index in [0.29, 0.717) is 17.7 Å². The Bertz CT molecular complexity index is 1050. The highest BCUT2D eigenvalue weighted by Crippen LogP contribution is 2.40. The van der Waals surface area contributed by atoms with Crippen molar-refractivity contribution in [2.24, 2.45) is 0 Å². The van der Waals surface area contributed by atoms with Crippen LogP contribution in [0, 0.1) is 6.92 Å². The molecule has 0 saturated carbocycles. The summed E-state index contributed by atoms with van der Waals surface area (Å²) in [5.41, 5.74) is 2.62. The highest BCUT2D eigenvalue weighted by molar-refractivity contribution is 7.90. The Balaban J connectivity index is 1.81. The zero-order valence-electron chi connectivity index (χ0n) is 18.3. The van der Waals surface area contributed by atoms with Gasteiger partial charge >= 0.3 is 10.2 Å². The van der Waals surface area contributed by atoms with Crippen molar-refractivity contribution >= 4 is 21.8 Å². The summed E-state index contributed by atoms with van der Waals surface area (Å²) >= 11 is 0. The summed E-state index contributed by atoms with van der Waals surface area (Å²) in [6.07, 6.45) is 0.650. The van der Waals surface area contributed by atoms with Gasteiger partial charge < -0.3 is 10.1 Å². The molecule has 0 saturated heterocycles. The summed E-state index contributed by atoms with van der Waals surface area (Å²) in [7, 11) is 0.845. The molecule has 0 aliphatic carbocycles. The molecule has 2 aromatic rings. The third kappa shape index (κ3) is 4.44. The molecule has 30 heavy (non-hydrogen) atoms. The molecule has 1 atom stereocenters. The third-order valence-corrected chi connectivity index (χ3v) is 7.05. The number of hydrogen-bond donors (Lipinski definition) is 1. The summed E-state index contributed by atoms with van der Waals surface area (Å²) < 4.78 is 32.9. The number of anilines is 1. The number of amides is 1. The van der Waals surface area contributed by atoms with Crippen LogP contribution in [0.15, 0.2) is 42.5 Å². The fraction of sp³-hybridized carbons (Fsp3) is 0.409. The van der Waals surface area contributed by atoms with Gasteiger partial charge in [0.15, 0.2) is 0 Å². The average molecular weight is 432 g/mol. The Labute approximate surface area is 178 Å². The van der Waals surface area contributed by atoms with Crippen LogP contribution in [0.1, 0.15) is 47.8 Å². The number of aryl methyl sites for hydroxylation is 1. The first kappa shape index (κ1) is 22.1. The van der Waals surface area contributed by atoms with Crippen LogP contribution < -0.4 is 14.4 Å². The van der Waals surface area contributed by atoms with Crippen molar-refractivity contribution in [2.45, 2.75) is 38.8 Å². The minimum absolute atomic E-state index is 0.174. The second-order valence-electron chi connectivity index (χ2n) is 8.44. The monoisotopic (exact) mass is 431 g/mol. The fourth-order valence-corrected chi connectivity index (χ4v) is 4.42. The standard InChI is InChI=1S/C22H29N3O4S/c1-15-7-12-20-18(13-15)19(14-22(2,3)29-20)23-21(26)16-8-10-17(11-9-16)25(6)30(27,28)24(4)5/h7-13,19H,14H2,1-6H3,(H,23,26). The largest absolute Gasteiger partial charge is 0.487 e. The van der Waals surface area contributed by atoms with Crippen molar-refractivity contribution < 1.29 is 17.9 Å². The quantitative estimate of drug-likeness (QED) is 0.788. The number of carbonyl (C=O) groups is 1. The third-order valence-electron chi connectivity index (χ3n) is 5.23. The van der Waals surface area contributed by atoms with Gasteiger partial charge in [0, 0.05) is 38.7 Å².